The van der Waals surface area contributed by atoms with Crippen LogP contribution < -0.4 is 0 Å². The van der Waals surface area contributed by atoms with Crippen molar-refractivity contribution in [3.63, 3.8) is 0 Å². The summed E-state index contributed by atoms with van der Waals surface area (Å²) >= 11 is 5.34. The summed E-state index contributed by atoms with van der Waals surface area (Å²) in [6.45, 7) is 5.51. The Kier molecular flexibility index (Phi) is 5.81. The molecule has 0 saturated heterocycles. The van der Waals surface area contributed by atoms with E-state index in [0.29, 0.717) is 0 Å². The number of ether oxygens (including phenoxy) is 1. The largest absolute Gasteiger partial charge is 0.461 e. The number of esters is 1. The highest BCUT2D eigenvalue weighted by atomic mass is 35.5. The molecule has 1 saturated carbocycles. The second-order valence-electron chi connectivity index (χ2n) is 7.90. The van der Waals surface area contributed by atoms with Gasteiger partial charge in [-0.2, -0.15) is 13.2 Å². The zero-order valence-electron chi connectivity index (χ0n) is 16.4. The van der Waals surface area contributed by atoms with Crippen LogP contribution in [0.2, 0.25) is 0 Å². The minimum absolute atomic E-state index is 0.0708. The van der Waals surface area contributed by atoms with Crippen molar-refractivity contribution in [3.8, 4) is 11.1 Å². The molecule has 0 bridgehead atoms. The van der Waals surface area contributed by atoms with E-state index in [4.69, 9.17) is 16.3 Å². The van der Waals surface area contributed by atoms with Crippen LogP contribution in [0.25, 0.3) is 11.1 Å². The molecule has 0 heterocycles. The van der Waals surface area contributed by atoms with Gasteiger partial charge < -0.3 is 4.74 Å². The lowest BCUT2D eigenvalue weighted by Crippen LogP contribution is -2.11. The molecule has 2 aromatic rings. The summed E-state index contributed by atoms with van der Waals surface area (Å²) in [5.41, 5.74) is 3.34. The lowest BCUT2D eigenvalue weighted by molar-refractivity contribution is -0.147. The van der Waals surface area contributed by atoms with Crippen molar-refractivity contribution in [3.05, 3.63) is 70.8 Å². The zero-order valence-corrected chi connectivity index (χ0v) is 17.1. The molecule has 29 heavy (non-hydrogen) atoms. The number of hydrogen-bond donors (Lipinski definition) is 0. The van der Waals surface area contributed by atoms with Gasteiger partial charge in [0.1, 0.15) is 11.6 Å². The summed E-state index contributed by atoms with van der Waals surface area (Å²) in [5.74, 6) is -1.75. The summed E-state index contributed by atoms with van der Waals surface area (Å²) in [6, 6.07) is 15.6. The van der Waals surface area contributed by atoms with E-state index in [1.807, 2.05) is 55.5 Å². The van der Waals surface area contributed by atoms with Crippen molar-refractivity contribution in [2.24, 2.45) is 17.3 Å². The van der Waals surface area contributed by atoms with Gasteiger partial charge in [0.2, 0.25) is 0 Å². The molecule has 0 aromatic heterocycles. The number of carbonyl (C=O) groups excluding carboxylic acids is 1. The Bertz CT molecular complexity index is 933. The predicted octanol–water partition coefficient (Wildman–Crippen LogP) is 6.66. The Hall–Kier alpha value is -2.27. The van der Waals surface area contributed by atoms with Crippen molar-refractivity contribution < 1.29 is 22.7 Å². The minimum atomic E-state index is -4.61. The van der Waals surface area contributed by atoms with Crippen molar-refractivity contribution in [2.45, 2.75) is 33.6 Å². The van der Waals surface area contributed by atoms with Gasteiger partial charge in [0.15, 0.2) is 0 Å². The van der Waals surface area contributed by atoms with Gasteiger partial charge in [0.05, 0.1) is 5.92 Å². The van der Waals surface area contributed by atoms with Gasteiger partial charge in [-0.05, 0) is 40.5 Å². The molecule has 2 nitrogen and oxygen atoms in total. The number of alkyl halides is 3. The van der Waals surface area contributed by atoms with E-state index in [-0.39, 0.29) is 6.61 Å². The second kappa shape index (κ2) is 7.86. The maximum absolute atomic E-state index is 12.7. The molecule has 0 radical (unpaired) electrons. The van der Waals surface area contributed by atoms with Crippen LogP contribution in [0.5, 0.6) is 0 Å². The molecule has 154 valence electrons. The zero-order chi connectivity index (χ0) is 21.4. The molecule has 2 atom stereocenters. The fourth-order valence-corrected chi connectivity index (χ4v) is 3.84. The number of benzene rings is 2. The molecule has 0 N–H and O–H groups in total. The molecule has 0 aliphatic heterocycles. The van der Waals surface area contributed by atoms with Crippen LogP contribution in [0.1, 0.15) is 25.0 Å². The molecule has 0 unspecified atom stereocenters. The average Bonchev–Trinajstić information content (AvgIpc) is 3.20. The molecule has 0 amide bonds. The molecular weight excluding hydrogens is 401 g/mol. The van der Waals surface area contributed by atoms with E-state index in [2.05, 4.69) is 0 Å². The third-order valence-electron chi connectivity index (χ3n) is 5.66. The van der Waals surface area contributed by atoms with Crippen LogP contribution in [-0.4, -0.2) is 12.1 Å². The van der Waals surface area contributed by atoms with E-state index >= 15 is 0 Å². The first-order chi connectivity index (χ1) is 13.5. The standard InChI is InChI=1S/C23H22ClF3O2/c1-14-16(10-7-11-17(14)15-8-5-4-6-9-15)13-29-21(28)20-18(22(20,2)3)12-19(24)23(25,26)27/h4-12,18,20H,13H2,1-3H3/b19-12-/t18-,20+/m0/s1. The SMILES string of the molecule is Cc1c(COC(=O)[C@H]2[C@H](/C=C(\Cl)C(F)(F)F)C2(C)C)cccc1-c1ccccc1. The van der Waals surface area contributed by atoms with Crippen LogP contribution in [0.4, 0.5) is 13.2 Å². The first-order valence-electron chi connectivity index (χ1n) is 9.28. The van der Waals surface area contributed by atoms with Gasteiger partial charge in [0.25, 0.3) is 0 Å². The quantitative estimate of drug-likeness (QED) is 0.503. The smallest absolute Gasteiger partial charge is 0.426 e. The van der Waals surface area contributed by atoms with E-state index < -0.39 is 34.4 Å². The van der Waals surface area contributed by atoms with Gasteiger partial charge in [-0.3, -0.25) is 4.79 Å². The van der Waals surface area contributed by atoms with E-state index in [1.165, 1.54) is 0 Å². The van der Waals surface area contributed by atoms with E-state index in [9.17, 15) is 18.0 Å². The molecular formula is C23H22ClF3O2. The number of rotatable bonds is 5. The van der Waals surface area contributed by atoms with Crippen molar-refractivity contribution in [1.29, 1.82) is 0 Å². The summed E-state index contributed by atoms with van der Waals surface area (Å²) in [6.07, 6.45) is -3.68. The third-order valence-corrected chi connectivity index (χ3v) is 6.00. The molecule has 0 spiro atoms. The van der Waals surface area contributed by atoms with Gasteiger partial charge >= 0.3 is 12.1 Å². The normalized spacial score (nSPS) is 21.0. The summed E-state index contributed by atoms with van der Waals surface area (Å²) in [7, 11) is 0. The first kappa shape index (κ1) is 21.4. The van der Waals surface area contributed by atoms with E-state index in [1.54, 1.807) is 13.8 Å². The van der Waals surface area contributed by atoms with Crippen LogP contribution in [-0.2, 0) is 16.1 Å². The maximum atomic E-state index is 12.7. The second-order valence-corrected chi connectivity index (χ2v) is 8.31. The summed E-state index contributed by atoms with van der Waals surface area (Å²) < 4.78 is 43.5. The van der Waals surface area contributed by atoms with Crippen molar-refractivity contribution in [1.82, 2.24) is 0 Å². The molecule has 6 heteroatoms. The fraction of sp³-hybridized carbons (Fsp3) is 0.348. The Morgan fingerprint density at radius 1 is 1.14 bits per heavy atom. The Balaban J connectivity index is 1.70. The summed E-state index contributed by atoms with van der Waals surface area (Å²) in [4.78, 5) is 12.5. The first-order valence-corrected chi connectivity index (χ1v) is 9.66. The average molecular weight is 423 g/mol. The predicted molar refractivity (Wildman–Crippen MR) is 107 cm³/mol. The van der Waals surface area contributed by atoms with Crippen molar-refractivity contribution in [2.75, 3.05) is 0 Å². The highest BCUT2D eigenvalue weighted by Crippen LogP contribution is 2.60. The Morgan fingerprint density at radius 3 is 2.41 bits per heavy atom. The number of allylic oxidation sites excluding steroid dienone is 2. The van der Waals surface area contributed by atoms with Gasteiger partial charge in [-0.25, -0.2) is 0 Å². The van der Waals surface area contributed by atoms with Crippen LogP contribution in [0, 0.1) is 24.2 Å². The molecule has 2 aromatic carbocycles. The lowest BCUT2D eigenvalue weighted by Gasteiger charge is -2.12. The van der Waals surface area contributed by atoms with Crippen LogP contribution >= 0.6 is 11.6 Å². The number of carbonyl (C=O) groups is 1. The molecule has 1 fully saturated rings. The highest BCUT2D eigenvalue weighted by molar-refractivity contribution is 6.30. The van der Waals surface area contributed by atoms with Crippen LogP contribution in [0.15, 0.2) is 59.6 Å². The topological polar surface area (TPSA) is 26.3 Å². The maximum Gasteiger partial charge on any atom is 0.426 e. The fourth-order valence-electron chi connectivity index (χ4n) is 3.70. The monoisotopic (exact) mass is 422 g/mol. The van der Waals surface area contributed by atoms with Crippen LogP contribution in [0.3, 0.4) is 0 Å². The van der Waals surface area contributed by atoms with Gasteiger partial charge in [-0.15, -0.1) is 0 Å². The summed E-state index contributed by atoms with van der Waals surface area (Å²) in [5, 5.41) is -1.20. The van der Waals surface area contributed by atoms with Crippen molar-refractivity contribution >= 4 is 17.6 Å². The highest BCUT2D eigenvalue weighted by Gasteiger charge is 2.62. The molecule has 1 aliphatic rings. The molecule has 3 rings (SSSR count). The minimum Gasteiger partial charge on any atom is -0.461 e. The Labute approximate surface area is 173 Å². The molecule has 1 aliphatic carbocycles. The third kappa shape index (κ3) is 4.50. The number of hydrogen-bond acceptors (Lipinski definition) is 2. The number of halogens is 4. The van der Waals surface area contributed by atoms with Gasteiger partial charge in [0, 0.05) is 0 Å². The Morgan fingerprint density at radius 2 is 1.79 bits per heavy atom. The van der Waals surface area contributed by atoms with Gasteiger partial charge in [-0.1, -0.05) is 80.1 Å². The van der Waals surface area contributed by atoms with E-state index in [0.717, 1.165) is 28.3 Å². The lowest BCUT2D eigenvalue weighted by atomic mass is 9.97.